The summed E-state index contributed by atoms with van der Waals surface area (Å²) in [6.07, 6.45) is 5.00. The minimum absolute atomic E-state index is 0.0554. The highest BCUT2D eigenvalue weighted by atomic mass is 32.2. The lowest BCUT2D eigenvalue weighted by Crippen LogP contribution is -2.44. The second-order valence-electron chi connectivity index (χ2n) is 6.84. The predicted octanol–water partition coefficient (Wildman–Crippen LogP) is 1.55. The largest absolute Gasteiger partial charge is 0.343 e. The second-order valence-corrected chi connectivity index (χ2v) is 8.95. The van der Waals surface area contributed by atoms with E-state index in [-0.39, 0.29) is 24.1 Å². The van der Waals surface area contributed by atoms with E-state index in [0.29, 0.717) is 4.90 Å². The summed E-state index contributed by atoms with van der Waals surface area (Å²) in [6, 6.07) is 5.65. The van der Waals surface area contributed by atoms with Crippen molar-refractivity contribution < 1.29 is 13.2 Å². The third-order valence-electron chi connectivity index (χ3n) is 5.26. The smallest absolute Gasteiger partial charge is 0.223 e. The summed E-state index contributed by atoms with van der Waals surface area (Å²) in [4.78, 5) is 14.4. The van der Waals surface area contributed by atoms with E-state index in [0.717, 1.165) is 50.8 Å². The van der Waals surface area contributed by atoms with Gasteiger partial charge in [0, 0.05) is 19.5 Å². The number of piperidine rings is 1. The van der Waals surface area contributed by atoms with Gasteiger partial charge in [-0.3, -0.25) is 4.79 Å². The number of aryl methyl sites for hydroxylation is 2. The molecule has 1 amide bonds. The number of hydrogen-bond acceptors (Lipinski definition) is 4. The van der Waals surface area contributed by atoms with E-state index in [2.05, 4.69) is 5.32 Å². The number of carbonyl (C=O) groups is 1. The molecule has 0 atom stereocenters. The first kappa shape index (κ1) is 17.4. The van der Waals surface area contributed by atoms with Crippen molar-refractivity contribution in [3.63, 3.8) is 0 Å². The van der Waals surface area contributed by atoms with E-state index in [1.54, 1.807) is 24.1 Å². The molecule has 5 nitrogen and oxygen atoms in total. The van der Waals surface area contributed by atoms with Gasteiger partial charge in [-0.25, -0.2) is 8.42 Å². The summed E-state index contributed by atoms with van der Waals surface area (Å²) >= 11 is 0. The molecule has 1 N–H and O–H groups in total. The highest BCUT2D eigenvalue weighted by molar-refractivity contribution is 7.91. The fraction of sp³-hybridized carbons (Fsp3) is 0.611. The average molecular weight is 350 g/mol. The molecule has 0 aromatic heterocycles. The SMILES string of the molecule is CN(C(=O)CCS(=O)(=O)c1ccc2c(c1)CCC2)C1CCNCC1. The maximum atomic E-state index is 12.6. The van der Waals surface area contributed by atoms with Gasteiger partial charge >= 0.3 is 0 Å². The average Bonchev–Trinajstić information content (AvgIpc) is 3.07. The summed E-state index contributed by atoms with van der Waals surface area (Å²) in [6.45, 7) is 1.82. The Balaban J connectivity index is 1.61. The minimum atomic E-state index is -3.40. The van der Waals surface area contributed by atoms with Crippen LogP contribution in [0.1, 0.15) is 36.8 Å². The molecule has 1 saturated heterocycles. The standard InChI is InChI=1S/C18H26N2O3S/c1-20(16-7-10-19-11-8-16)18(21)9-12-24(22,23)17-6-5-14-3-2-4-15(14)13-17/h5-6,13,16,19H,2-4,7-12H2,1H3. The Bertz CT molecular complexity index is 709. The summed E-state index contributed by atoms with van der Waals surface area (Å²) in [5.74, 6) is -0.188. The lowest BCUT2D eigenvalue weighted by atomic mass is 10.1. The van der Waals surface area contributed by atoms with Crippen LogP contribution in [-0.2, 0) is 27.5 Å². The van der Waals surface area contributed by atoms with Gasteiger partial charge in [0.1, 0.15) is 0 Å². The Morgan fingerprint density at radius 1 is 1.21 bits per heavy atom. The van der Waals surface area contributed by atoms with E-state index in [1.807, 2.05) is 6.07 Å². The number of fused-ring (bicyclic) bond motifs is 1. The molecule has 3 rings (SSSR count). The lowest BCUT2D eigenvalue weighted by Gasteiger charge is -2.31. The second kappa shape index (κ2) is 7.23. The van der Waals surface area contributed by atoms with Gasteiger partial charge in [0.15, 0.2) is 9.84 Å². The number of carbonyl (C=O) groups excluding carboxylic acids is 1. The molecular formula is C18H26N2O3S. The zero-order chi connectivity index (χ0) is 17.2. The first-order valence-electron chi connectivity index (χ1n) is 8.78. The van der Waals surface area contributed by atoms with Crippen LogP contribution in [0.4, 0.5) is 0 Å². The van der Waals surface area contributed by atoms with Crippen LogP contribution in [0.3, 0.4) is 0 Å². The predicted molar refractivity (Wildman–Crippen MR) is 93.8 cm³/mol. The molecule has 1 fully saturated rings. The number of benzene rings is 1. The van der Waals surface area contributed by atoms with Gasteiger partial charge in [-0.2, -0.15) is 0 Å². The van der Waals surface area contributed by atoms with Crippen molar-refractivity contribution >= 4 is 15.7 Å². The molecule has 1 aromatic rings. The molecule has 1 aromatic carbocycles. The molecular weight excluding hydrogens is 324 g/mol. The van der Waals surface area contributed by atoms with Crippen LogP contribution < -0.4 is 5.32 Å². The first-order chi connectivity index (χ1) is 11.5. The summed E-state index contributed by atoms with van der Waals surface area (Å²) in [5.41, 5.74) is 2.41. The molecule has 0 radical (unpaired) electrons. The monoisotopic (exact) mass is 350 g/mol. The van der Waals surface area contributed by atoms with E-state index >= 15 is 0 Å². The van der Waals surface area contributed by atoms with Crippen molar-refractivity contribution in [3.05, 3.63) is 29.3 Å². The van der Waals surface area contributed by atoms with Gasteiger partial charge in [0.25, 0.3) is 0 Å². The summed E-state index contributed by atoms with van der Waals surface area (Å²) in [5, 5.41) is 3.27. The quantitative estimate of drug-likeness (QED) is 0.875. The highest BCUT2D eigenvalue weighted by Gasteiger charge is 2.24. The van der Waals surface area contributed by atoms with Crippen molar-refractivity contribution in [3.8, 4) is 0 Å². The van der Waals surface area contributed by atoms with E-state index in [4.69, 9.17) is 0 Å². The number of nitrogens with one attached hydrogen (secondary N) is 1. The van der Waals surface area contributed by atoms with Crippen LogP contribution in [-0.4, -0.2) is 51.2 Å². The maximum Gasteiger partial charge on any atom is 0.223 e. The van der Waals surface area contributed by atoms with Crippen molar-refractivity contribution in [1.82, 2.24) is 10.2 Å². The molecule has 2 aliphatic rings. The molecule has 0 bridgehead atoms. The van der Waals surface area contributed by atoms with Gasteiger partial charge in [-0.1, -0.05) is 6.07 Å². The Hall–Kier alpha value is -1.40. The Morgan fingerprint density at radius 2 is 1.92 bits per heavy atom. The molecule has 24 heavy (non-hydrogen) atoms. The maximum absolute atomic E-state index is 12.6. The topological polar surface area (TPSA) is 66.5 Å². The van der Waals surface area contributed by atoms with Crippen molar-refractivity contribution in [2.45, 2.75) is 49.5 Å². The van der Waals surface area contributed by atoms with E-state index in [1.165, 1.54) is 5.56 Å². The number of hydrogen-bond donors (Lipinski definition) is 1. The minimum Gasteiger partial charge on any atom is -0.343 e. The summed E-state index contributed by atoms with van der Waals surface area (Å²) in [7, 11) is -1.61. The molecule has 1 heterocycles. The van der Waals surface area contributed by atoms with Gasteiger partial charge in [0.2, 0.25) is 5.91 Å². The van der Waals surface area contributed by atoms with Crippen LogP contribution in [0.2, 0.25) is 0 Å². The molecule has 6 heteroatoms. The lowest BCUT2D eigenvalue weighted by molar-refractivity contribution is -0.132. The molecule has 0 spiro atoms. The molecule has 1 aliphatic carbocycles. The summed E-state index contributed by atoms with van der Waals surface area (Å²) < 4.78 is 25.1. The van der Waals surface area contributed by atoms with Gasteiger partial charge in [-0.05, 0) is 68.5 Å². The van der Waals surface area contributed by atoms with Gasteiger partial charge in [-0.15, -0.1) is 0 Å². The fourth-order valence-corrected chi connectivity index (χ4v) is 4.93. The molecule has 0 saturated carbocycles. The Morgan fingerprint density at radius 3 is 2.67 bits per heavy atom. The van der Waals surface area contributed by atoms with Gasteiger partial charge in [0.05, 0.1) is 10.6 Å². The Kier molecular flexibility index (Phi) is 5.25. The van der Waals surface area contributed by atoms with E-state index < -0.39 is 9.84 Å². The van der Waals surface area contributed by atoms with Crippen LogP contribution in [0.15, 0.2) is 23.1 Å². The first-order valence-corrected chi connectivity index (χ1v) is 10.4. The van der Waals surface area contributed by atoms with Crippen LogP contribution in [0.25, 0.3) is 0 Å². The van der Waals surface area contributed by atoms with Crippen molar-refractivity contribution in [2.24, 2.45) is 0 Å². The van der Waals surface area contributed by atoms with E-state index in [9.17, 15) is 13.2 Å². The molecule has 0 unspecified atom stereocenters. The van der Waals surface area contributed by atoms with Crippen LogP contribution in [0.5, 0.6) is 0 Å². The van der Waals surface area contributed by atoms with Crippen LogP contribution in [0, 0.1) is 0 Å². The van der Waals surface area contributed by atoms with Gasteiger partial charge < -0.3 is 10.2 Å². The number of nitrogens with zero attached hydrogens (tertiary/aromatic N) is 1. The fourth-order valence-electron chi connectivity index (χ4n) is 3.66. The normalized spacial score (nSPS) is 18.4. The highest BCUT2D eigenvalue weighted by Crippen LogP contribution is 2.25. The number of sulfone groups is 1. The zero-order valence-electron chi connectivity index (χ0n) is 14.3. The zero-order valence-corrected chi connectivity index (χ0v) is 15.1. The third kappa shape index (κ3) is 3.81. The number of amides is 1. The van der Waals surface area contributed by atoms with Crippen molar-refractivity contribution in [1.29, 1.82) is 0 Å². The number of rotatable bonds is 5. The molecule has 1 aliphatic heterocycles. The Labute approximate surface area is 144 Å². The van der Waals surface area contributed by atoms with Crippen LogP contribution >= 0.6 is 0 Å². The molecule has 132 valence electrons. The van der Waals surface area contributed by atoms with Crippen molar-refractivity contribution in [2.75, 3.05) is 25.9 Å². The third-order valence-corrected chi connectivity index (χ3v) is 6.98.